The van der Waals surface area contributed by atoms with Gasteiger partial charge >= 0.3 is 6.18 Å². The van der Waals surface area contributed by atoms with Crippen molar-refractivity contribution < 1.29 is 17.9 Å². The number of alkyl halides is 3. The molecule has 0 amide bonds. The molecule has 0 aromatic heterocycles. The van der Waals surface area contributed by atoms with Crippen molar-refractivity contribution in [3.05, 3.63) is 36.4 Å². The minimum Gasteiger partial charge on any atom is -0.489 e. The van der Waals surface area contributed by atoms with E-state index in [2.05, 4.69) is 11.8 Å². The van der Waals surface area contributed by atoms with Crippen LogP contribution in [-0.2, 0) is 6.18 Å². The van der Waals surface area contributed by atoms with E-state index in [9.17, 15) is 13.2 Å². The van der Waals surface area contributed by atoms with Crippen LogP contribution in [0.15, 0.2) is 18.2 Å². The van der Waals surface area contributed by atoms with Crippen LogP contribution >= 0.6 is 0 Å². The first-order valence-electron chi connectivity index (χ1n) is 3.55. The number of ether oxygens (including phenoxy) is 1. The minimum atomic E-state index is -4.39. The first-order chi connectivity index (χ1) is 5.95. The second-order valence-corrected chi connectivity index (χ2v) is 2.64. The van der Waals surface area contributed by atoms with E-state index < -0.39 is 11.7 Å². The molecule has 1 radical (unpaired) electrons. The van der Waals surface area contributed by atoms with Crippen LogP contribution in [0.25, 0.3) is 0 Å². The molecule has 0 fully saturated rings. The van der Waals surface area contributed by atoms with E-state index in [1.54, 1.807) is 6.92 Å². The maximum absolute atomic E-state index is 12.3. The van der Waals surface area contributed by atoms with Crippen LogP contribution < -0.4 is 4.74 Å². The summed E-state index contributed by atoms with van der Waals surface area (Å²) < 4.78 is 41.3. The smallest absolute Gasteiger partial charge is 0.419 e. The summed E-state index contributed by atoms with van der Waals surface area (Å²) >= 11 is 0. The van der Waals surface area contributed by atoms with E-state index in [0.717, 1.165) is 6.07 Å². The first kappa shape index (κ1) is 9.89. The zero-order valence-corrected chi connectivity index (χ0v) is 6.98. The fraction of sp³-hybridized carbons (Fsp3) is 0.222. The maximum Gasteiger partial charge on any atom is 0.419 e. The molecule has 0 heterocycles. The lowest BCUT2D eigenvalue weighted by Gasteiger charge is -2.11. The van der Waals surface area contributed by atoms with Crippen molar-refractivity contribution in [2.75, 3.05) is 0 Å². The Kier molecular flexibility index (Phi) is 2.50. The Labute approximate surface area is 74.1 Å². The van der Waals surface area contributed by atoms with E-state index in [-0.39, 0.29) is 5.75 Å². The molecule has 0 unspecified atom stereocenters. The lowest BCUT2D eigenvalue weighted by atomic mass is 10.1. The van der Waals surface area contributed by atoms with Crippen molar-refractivity contribution in [3.63, 3.8) is 0 Å². The van der Waals surface area contributed by atoms with Gasteiger partial charge in [0, 0.05) is 0 Å². The summed E-state index contributed by atoms with van der Waals surface area (Å²) in [5.41, 5.74) is -0.254. The molecule has 0 aliphatic rings. The van der Waals surface area contributed by atoms with Crippen molar-refractivity contribution in [3.8, 4) is 5.75 Å². The molecular weight excluding hydrogens is 181 g/mol. The van der Waals surface area contributed by atoms with Crippen LogP contribution in [0, 0.1) is 14.0 Å². The molecule has 1 aromatic rings. The quantitative estimate of drug-likeness (QED) is 0.659. The zero-order valence-electron chi connectivity index (χ0n) is 6.98. The van der Waals surface area contributed by atoms with Crippen molar-refractivity contribution in [1.82, 2.24) is 0 Å². The third-order valence-electron chi connectivity index (χ3n) is 1.60. The lowest BCUT2D eigenvalue weighted by Crippen LogP contribution is -2.07. The fourth-order valence-electron chi connectivity index (χ4n) is 0.991. The molecule has 1 aromatic carbocycles. The second-order valence-electron chi connectivity index (χ2n) is 2.64. The first-order valence-corrected chi connectivity index (χ1v) is 3.55. The van der Waals surface area contributed by atoms with E-state index in [1.165, 1.54) is 12.1 Å². The standard InChI is InChI=1S/C9H8F3O/c1-6-3-4-8(13-2)7(5-6)9(10,11)12/h3-5H,2H2,1H3. The molecule has 1 nitrogen and oxygen atoms in total. The fourth-order valence-corrected chi connectivity index (χ4v) is 0.991. The summed E-state index contributed by atoms with van der Waals surface area (Å²) in [6.07, 6.45) is -4.39. The number of benzene rings is 1. The molecule has 0 saturated carbocycles. The monoisotopic (exact) mass is 189 g/mol. The average Bonchev–Trinajstić information content (AvgIpc) is 2.03. The highest BCUT2D eigenvalue weighted by Gasteiger charge is 2.34. The van der Waals surface area contributed by atoms with Crippen molar-refractivity contribution in [2.45, 2.75) is 13.1 Å². The number of hydrogen-bond acceptors (Lipinski definition) is 1. The Morgan fingerprint density at radius 1 is 1.31 bits per heavy atom. The summed E-state index contributed by atoms with van der Waals surface area (Å²) in [4.78, 5) is 0. The van der Waals surface area contributed by atoms with Crippen LogP contribution in [0.3, 0.4) is 0 Å². The van der Waals surface area contributed by atoms with Crippen LogP contribution in [0.2, 0.25) is 0 Å². The molecule has 0 saturated heterocycles. The van der Waals surface area contributed by atoms with Crippen LogP contribution in [0.1, 0.15) is 11.1 Å². The molecule has 0 aliphatic heterocycles. The van der Waals surface area contributed by atoms with Gasteiger partial charge in [0.25, 0.3) is 0 Å². The Morgan fingerprint density at radius 2 is 1.92 bits per heavy atom. The third-order valence-corrected chi connectivity index (χ3v) is 1.60. The van der Waals surface area contributed by atoms with E-state index in [0.29, 0.717) is 5.56 Å². The Hall–Kier alpha value is -1.19. The van der Waals surface area contributed by atoms with Gasteiger partial charge < -0.3 is 4.74 Å². The van der Waals surface area contributed by atoms with Gasteiger partial charge in [-0.05, 0) is 19.1 Å². The molecule has 1 rings (SSSR count). The van der Waals surface area contributed by atoms with E-state index >= 15 is 0 Å². The van der Waals surface area contributed by atoms with Crippen LogP contribution in [-0.4, -0.2) is 0 Å². The van der Waals surface area contributed by atoms with E-state index in [4.69, 9.17) is 0 Å². The van der Waals surface area contributed by atoms with Crippen molar-refractivity contribution in [1.29, 1.82) is 0 Å². The molecule has 0 atom stereocenters. The minimum absolute atomic E-state index is 0.252. The summed E-state index contributed by atoms with van der Waals surface area (Å²) in [5, 5.41) is 0. The predicted molar refractivity (Wildman–Crippen MR) is 42.2 cm³/mol. The largest absolute Gasteiger partial charge is 0.489 e. The van der Waals surface area contributed by atoms with Gasteiger partial charge in [0.15, 0.2) is 0 Å². The number of hydrogen-bond donors (Lipinski definition) is 0. The van der Waals surface area contributed by atoms with Gasteiger partial charge in [0.05, 0.1) is 5.56 Å². The molecule has 4 heteroatoms. The molecule has 71 valence electrons. The highest BCUT2D eigenvalue weighted by atomic mass is 19.4. The normalized spacial score (nSPS) is 11.5. The van der Waals surface area contributed by atoms with E-state index in [1.807, 2.05) is 0 Å². The SMILES string of the molecule is [CH2]Oc1ccc(C)cc1C(F)(F)F. The number of halogens is 3. The molecule has 0 spiro atoms. The van der Waals surface area contributed by atoms with Gasteiger partial charge in [-0.1, -0.05) is 11.6 Å². The topological polar surface area (TPSA) is 9.23 Å². The Balaban J connectivity index is 3.24. The zero-order chi connectivity index (χ0) is 10.1. The van der Waals surface area contributed by atoms with Gasteiger partial charge in [-0.25, -0.2) is 0 Å². The highest BCUT2D eigenvalue weighted by Crippen LogP contribution is 2.36. The molecule has 0 N–H and O–H groups in total. The number of rotatable bonds is 1. The average molecular weight is 189 g/mol. The van der Waals surface area contributed by atoms with Gasteiger partial charge in [-0.2, -0.15) is 13.2 Å². The molecule has 13 heavy (non-hydrogen) atoms. The third kappa shape index (κ3) is 2.14. The lowest BCUT2D eigenvalue weighted by molar-refractivity contribution is -0.138. The summed E-state index contributed by atoms with van der Waals surface area (Å²) in [7, 11) is 2.96. The van der Waals surface area contributed by atoms with Gasteiger partial charge in [-0.15, -0.1) is 0 Å². The second kappa shape index (κ2) is 3.28. The number of aryl methyl sites for hydroxylation is 1. The van der Waals surface area contributed by atoms with Gasteiger partial charge in [0.2, 0.25) is 0 Å². The highest BCUT2D eigenvalue weighted by molar-refractivity contribution is 5.38. The molecule has 0 bridgehead atoms. The van der Waals surface area contributed by atoms with Crippen molar-refractivity contribution in [2.24, 2.45) is 0 Å². The summed E-state index contributed by atoms with van der Waals surface area (Å²) in [6, 6.07) is 3.82. The Morgan fingerprint density at radius 3 is 2.38 bits per heavy atom. The van der Waals surface area contributed by atoms with Crippen molar-refractivity contribution >= 4 is 0 Å². The molecular formula is C9H8F3O. The predicted octanol–water partition coefficient (Wildman–Crippen LogP) is 3.18. The summed E-state index contributed by atoms with van der Waals surface area (Å²) in [6.45, 7) is 1.59. The van der Waals surface area contributed by atoms with Gasteiger partial charge in [0.1, 0.15) is 12.9 Å². The Bertz CT molecular complexity index is 304. The molecule has 0 aliphatic carbocycles. The summed E-state index contributed by atoms with van der Waals surface area (Å²) in [5.74, 6) is -0.252. The van der Waals surface area contributed by atoms with Crippen LogP contribution in [0.4, 0.5) is 13.2 Å². The van der Waals surface area contributed by atoms with Gasteiger partial charge in [-0.3, -0.25) is 0 Å². The van der Waals surface area contributed by atoms with Crippen LogP contribution in [0.5, 0.6) is 5.75 Å². The maximum atomic E-state index is 12.3.